The van der Waals surface area contributed by atoms with Crippen LogP contribution in [0, 0.1) is 0 Å². The molecule has 1 N–H and O–H groups in total. The molecule has 0 saturated heterocycles. The first kappa shape index (κ1) is 19.2. The Labute approximate surface area is 171 Å². The lowest BCUT2D eigenvalue weighted by molar-refractivity contribution is 0.0989. The number of ether oxygens (including phenoxy) is 1. The molecule has 0 bridgehead atoms. The maximum Gasteiger partial charge on any atom is 0.285 e. The molecule has 0 saturated carbocycles. The Hall–Kier alpha value is -3.16. The van der Waals surface area contributed by atoms with Gasteiger partial charge >= 0.3 is 0 Å². The van der Waals surface area contributed by atoms with Crippen LogP contribution in [0.15, 0.2) is 63.8 Å². The minimum atomic E-state index is -0.124. The average Bonchev–Trinajstić information content (AvgIpc) is 3.29. The molecule has 0 amide bonds. The van der Waals surface area contributed by atoms with E-state index in [2.05, 4.69) is 5.32 Å². The first-order valence-electron chi connectivity index (χ1n) is 9.17. The number of carbonyl (C=O) groups is 1. The molecule has 0 aliphatic heterocycles. The smallest absolute Gasteiger partial charge is 0.285 e. The third-order valence-electron chi connectivity index (χ3n) is 4.54. The van der Waals surface area contributed by atoms with Crippen molar-refractivity contribution < 1.29 is 13.9 Å². The van der Waals surface area contributed by atoms with E-state index in [0.29, 0.717) is 30.2 Å². The van der Waals surface area contributed by atoms with E-state index in [9.17, 15) is 9.59 Å². The number of fused-ring (bicyclic) bond motifs is 1. The second-order valence-corrected chi connectivity index (χ2v) is 7.64. The second-order valence-electron chi connectivity index (χ2n) is 6.61. The van der Waals surface area contributed by atoms with Crippen LogP contribution < -0.4 is 10.9 Å². The van der Waals surface area contributed by atoms with E-state index in [-0.39, 0.29) is 11.3 Å². The molecule has 6 nitrogen and oxygen atoms in total. The van der Waals surface area contributed by atoms with Crippen molar-refractivity contribution in [3.63, 3.8) is 0 Å². The van der Waals surface area contributed by atoms with E-state index >= 15 is 0 Å². The molecule has 0 spiro atoms. The van der Waals surface area contributed by atoms with Crippen LogP contribution >= 0.6 is 11.5 Å². The molecule has 0 aliphatic rings. The molecule has 148 valence electrons. The van der Waals surface area contributed by atoms with Crippen molar-refractivity contribution in [2.75, 3.05) is 19.0 Å². The fourth-order valence-electron chi connectivity index (χ4n) is 3.08. The van der Waals surface area contributed by atoms with Crippen molar-refractivity contribution in [1.29, 1.82) is 0 Å². The monoisotopic (exact) mass is 408 g/mol. The number of nitrogens with zero attached hydrogens (tertiary/aromatic N) is 1. The van der Waals surface area contributed by atoms with E-state index in [1.165, 1.54) is 18.5 Å². The highest BCUT2D eigenvalue weighted by atomic mass is 32.1. The first-order valence-corrected chi connectivity index (χ1v) is 9.94. The van der Waals surface area contributed by atoms with Crippen LogP contribution in [0.4, 0.5) is 11.4 Å². The van der Waals surface area contributed by atoms with Crippen molar-refractivity contribution in [3.05, 3.63) is 70.7 Å². The van der Waals surface area contributed by atoms with Crippen molar-refractivity contribution in [2.45, 2.75) is 13.5 Å². The van der Waals surface area contributed by atoms with Gasteiger partial charge in [0.15, 0.2) is 11.5 Å². The molecular formula is C22H20N2O4S. The van der Waals surface area contributed by atoms with E-state index in [1.54, 1.807) is 23.2 Å². The van der Waals surface area contributed by atoms with Gasteiger partial charge in [0.1, 0.15) is 11.3 Å². The van der Waals surface area contributed by atoms with E-state index < -0.39 is 0 Å². The highest BCUT2D eigenvalue weighted by molar-refractivity contribution is 7.10. The predicted octanol–water partition coefficient (Wildman–Crippen LogP) is 4.92. The lowest BCUT2D eigenvalue weighted by Crippen LogP contribution is -2.18. The number of hydrogen-bond donors (Lipinski definition) is 1. The average molecular weight is 408 g/mol. The maximum absolute atomic E-state index is 13.0. The lowest BCUT2D eigenvalue weighted by Gasteiger charge is -2.06. The van der Waals surface area contributed by atoms with E-state index in [4.69, 9.17) is 9.15 Å². The number of Topliss-reactive ketones (excluding diaryl/α,β-unsaturated/α-hetero) is 1. The number of furan rings is 1. The molecule has 4 aromatic rings. The minimum absolute atomic E-state index is 0.0948. The Kier molecular flexibility index (Phi) is 5.33. The molecular weight excluding hydrogens is 388 g/mol. The van der Waals surface area contributed by atoms with Gasteiger partial charge in [-0.2, -0.15) is 0 Å². The number of benzene rings is 2. The number of ketones is 1. The van der Waals surface area contributed by atoms with Crippen LogP contribution in [-0.2, 0) is 11.3 Å². The van der Waals surface area contributed by atoms with Gasteiger partial charge < -0.3 is 14.5 Å². The van der Waals surface area contributed by atoms with Crippen molar-refractivity contribution in [1.82, 2.24) is 3.96 Å². The molecule has 0 radical (unpaired) electrons. The number of methoxy groups -OCH3 is 1. The Bertz CT molecular complexity index is 1220. The zero-order valence-electron chi connectivity index (χ0n) is 16.1. The fourth-order valence-corrected chi connectivity index (χ4v) is 4.11. The third-order valence-corrected chi connectivity index (χ3v) is 5.73. The number of carbonyl (C=O) groups excluding carboxylic acids is 1. The first-order chi connectivity index (χ1) is 14.1. The quantitative estimate of drug-likeness (QED) is 0.440. The van der Waals surface area contributed by atoms with Gasteiger partial charge in [-0.3, -0.25) is 13.5 Å². The molecule has 2 heterocycles. The summed E-state index contributed by atoms with van der Waals surface area (Å²) in [7, 11) is 1.62. The molecule has 0 atom stereocenters. The molecule has 0 fully saturated rings. The Morgan fingerprint density at radius 2 is 1.97 bits per heavy atom. The summed E-state index contributed by atoms with van der Waals surface area (Å²) in [6.45, 7) is 2.42. The van der Waals surface area contributed by atoms with E-state index in [0.717, 1.165) is 21.5 Å². The van der Waals surface area contributed by atoms with Gasteiger partial charge in [0, 0.05) is 25.1 Å². The highest BCUT2D eigenvalue weighted by Crippen LogP contribution is 2.33. The van der Waals surface area contributed by atoms with Crippen molar-refractivity contribution in [3.8, 4) is 10.4 Å². The number of rotatable bonds is 7. The zero-order chi connectivity index (χ0) is 20.4. The lowest BCUT2D eigenvalue weighted by atomic mass is 10.1. The number of anilines is 2. The normalized spacial score (nSPS) is 11.1. The van der Waals surface area contributed by atoms with Gasteiger partial charge in [-0.15, -0.1) is 0 Å². The standard InChI is InChI=1S/C22H20N2O4S/c1-14(25)19-13-16-12-17(8-9-18(16)28-19)23-20-21(15-6-4-3-5-7-15)29-24(22(20)26)10-11-27-2/h3-9,12-13,23H,10-11H2,1-2H3. The molecule has 2 aromatic heterocycles. The number of hydrogen-bond acceptors (Lipinski definition) is 6. The fraction of sp³-hybridized carbons (Fsp3) is 0.182. The zero-order valence-corrected chi connectivity index (χ0v) is 16.9. The predicted molar refractivity (Wildman–Crippen MR) is 115 cm³/mol. The van der Waals surface area contributed by atoms with Gasteiger partial charge in [0.25, 0.3) is 5.56 Å². The van der Waals surface area contributed by atoms with Crippen molar-refractivity contribution >= 4 is 39.7 Å². The minimum Gasteiger partial charge on any atom is -0.453 e. The number of aromatic nitrogens is 1. The summed E-state index contributed by atoms with van der Waals surface area (Å²) in [5.41, 5.74) is 2.78. The number of nitrogens with one attached hydrogen (secondary N) is 1. The van der Waals surface area contributed by atoms with E-state index in [1.807, 2.05) is 42.5 Å². The molecule has 0 aliphatic carbocycles. The Morgan fingerprint density at radius 3 is 2.69 bits per heavy atom. The third kappa shape index (κ3) is 3.87. The summed E-state index contributed by atoms with van der Waals surface area (Å²) in [4.78, 5) is 25.5. The molecule has 7 heteroatoms. The second kappa shape index (κ2) is 8.06. The molecule has 0 unspecified atom stereocenters. The SMILES string of the molecule is COCCn1sc(-c2ccccc2)c(Nc2ccc3oc(C(C)=O)cc3c2)c1=O. The van der Waals surface area contributed by atoms with Crippen LogP contribution in [0.25, 0.3) is 21.4 Å². The summed E-state index contributed by atoms with van der Waals surface area (Å²) in [6, 6.07) is 17.0. The van der Waals surface area contributed by atoms with Gasteiger partial charge in [-0.05, 0) is 29.8 Å². The summed E-state index contributed by atoms with van der Waals surface area (Å²) < 4.78 is 12.4. The van der Waals surface area contributed by atoms with Gasteiger partial charge in [-0.1, -0.05) is 41.9 Å². The topological polar surface area (TPSA) is 73.5 Å². The van der Waals surface area contributed by atoms with Crippen LogP contribution in [0.5, 0.6) is 0 Å². The molecule has 4 rings (SSSR count). The maximum atomic E-state index is 13.0. The summed E-state index contributed by atoms with van der Waals surface area (Å²) >= 11 is 1.41. The summed E-state index contributed by atoms with van der Waals surface area (Å²) in [6.07, 6.45) is 0. The van der Waals surface area contributed by atoms with Crippen LogP contribution in [0.2, 0.25) is 0 Å². The Morgan fingerprint density at radius 1 is 1.17 bits per heavy atom. The Balaban J connectivity index is 1.75. The van der Waals surface area contributed by atoms with Gasteiger partial charge in [0.2, 0.25) is 0 Å². The highest BCUT2D eigenvalue weighted by Gasteiger charge is 2.17. The molecule has 29 heavy (non-hydrogen) atoms. The van der Waals surface area contributed by atoms with Crippen LogP contribution in [0.3, 0.4) is 0 Å². The van der Waals surface area contributed by atoms with Gasteiger partial charge in [-0.25, -0.2) is 0 Å². The van der Waals surface area contributed by atoms with Crippen molar-refractivity contribution in [2.24, 2.45) is 0 Å². The van der Waals surface area contributed by atoms with Crippen LogP contribution in [-0.4, -0.2) is 23.5 Å². The van der Waals surface area contributed by atoms with Crippen LogP contribution in [0.1, 0.15) is 17.5 Å². The largest absolute Gasteiger partial charge is 0.453 e. The van der Waals surface area contributed by atoms with Gasteiger partial charge in [0.05, 0.1) is 18.0 Å². The molecule has 2 aromatic carbocycles. The summed E-state index contributed by atoms with van der Waals surface area (Å²) in [5.74, 6) is 0.195. The summed E-state index contributed by atoms with van der Waals surface area (Å²) in [5, 5.41) is 4.08.